The van der Waals surface area contributed by atoms with E-state index in [4.69, 9.17) is 4.65 Å². The minimum Gasteiger partial charge on any atom is -0.507 e. The maximum atomic E-state index is 14.0. The van der Waals surface area contributed by atoms with Crippen molar-refractivity contribution in [2.24, 2.45) is 17.8 Å². The van der Waals surface area contributed by atoms with E-state index in [-0.39, 0.29) is 35.3 Å². The van der Waals surface area contributed by atoms with Crippen LogP contribution < -0.4 is 4.90 Å². The molecule has 10 heteroatoms. The number of hydrogen-bond acceptors (Lipinski definition) is 7. The maximum absolute atomic E-state index is 14.0. The van der Waals surface area contributed by atoms with Crippen molar-refractivity contribution in [3.63, 3.8) is 0 Å². The molecule has 2 saturated heterocycles. The van der Waals surface area contributed by atoms with Crippen LogP contribution in [0.15, 0.2) is 102 Å². The van der Waals surface area contributed by atoms with Gasteiger partial charge in [-0.2, -0.15) is 0 Å². The number of phenols is 1. The Labute approximate surface area is 278 Å². The molecule has 1 aliphatic carbocycles. The number of nitro groups is 1. The van der Waals surface area contributed by atoms with Crippen LogP contribution in [0.4, 0.5) is 11.4 Å². The Kier molecular flexibility index (Phi) is 8.45. The van der Waals surface area contributed by atoms with Crippen LogP contribution in [0, 0.1) is 27.9 Å². The summed E-state index contributed by atoms with van der Waals surface area (Å²) >= 11 is 0. The number of allylic oxidation sites excluding steroid dienone is 2. The lowest BCUT2D eigenvalue weighted by Gasteiger charge is -2.43. The fraction of sp³-hybridized carbons (Fsp3) is 0.263. The fourth-order valence-electron chi connectivity index (χ4n) is 7.96. The second kappa shape index (κ2) is 12.9. The fourth-order valence-corrected chi connectivity index (χ4v) is 7.96. The zero-order valence-electron chi connectivity index (χ0n) is 26.5. The number of nitro benzene ring substituents is 1. The van der Waals surface area contributed by atoms with Gasteiger partial charge in [-0.15, -0.1) is 0 Å². The van der Waals surface area contributed by atoms with Crippen molar-refractivity contribution in [3.8, 4) is 5.75 Å². The molecular weight excluding hydrogens is 607 g/mol. The van der Waals surface area contributed by atoms with Crippen LogP contribution in [0.2, 0.25) is 6.32 Å². The summed E-state index contributed by atoms with van der Waals surface area (Å²) in [5.74, 6) is -2.20. The third kappa shape index (κ3) is 5.61. The predicted octanol–water partition coefficient (Wildman–Crippen LogP) is 7.19. The van der Waals surface area contributed by atoms with Crippen molar-refractivity contribution in [3.05, 3.63) is 123 Å². The highest BCUT2D eigenvalue weighted by atomic mass is 16.6. The highest BCUT2D eigenvalue weighted by Gasteiger charge is 2.57. The van der Waals surface area contributed by atoms with E-state index < -0.39 is 35.9 Å². The van der Waals surface area contributed by atoms with Gasteiger partial charge in [-0.25, -0.2) is 4.90 Å². The van der Waals surface area contributed by atoms with E-state index >= 15 is 0 Å². The molecule has 4 aromatic carbocycles. The number of hydrogen-bond donors (Lipinski definition) is 2. The third-order valence-corrected chi connectivity index (χ3v) is 10.1. The number of anilines is 1. The topological polar surface area (TPSA) is 130 Å². The molecule has 2 heterocycles. The standard InChI is InChI=1S/C38H35BN2O7/c1-2-23-20-31-36(38(44)40(37(31)43)27-11-8-12-28(21-27)41(46)47)32-22-39(45)48-34(35(23)32)18-16-25(24-9-4-3-5-10-24)19-26-15-17-33(42)30-14-7-6-13-29(26)30/h3-15,17,19,21,31-32,34,36,42,45H,2,16,18,20,22H2,1H3/b25-19-/t31-,32+,34-,36-/m1/s1. The van der Waals surface area contributed by atoms with E-state index in [2.05, 4.69) is 18.2 Å². The highest BCUT2D eigenvalue weighted by Crippen LogP contribution is 2.52. The lowest BCUT2D eigenvalue weighted by atomic mass is 9.58. The molecule has 3 aliphatic rings. The number of carbonyl (C=O) groups is 2. The molecule has 4 atom stereocenters. The van der Waals surface area contributed by atoms with Gasteiger partial charge in [-0.1, -0.05) is 85.3 Å². The van der Waals surface area contributed by atoms with Gasteiger partial charge in [0.2, 0.25) is 11.8 Å². The van der Waals surface area contributed by atoms with E-state index in [0.717, 1.165) is 43.5 Å². The summed E-state index contributed by atoms with van der Waals surface area (Å²) in [6.07, 6.45) is 4.08. The summed E-state index contributed by atoms with van der Waals surface area (Å²) < 4.78 is 6.23. The molecule has 48 heavy (non-hydrogen) atoms. The van der Waals surface area contributed by atoms with Crippen LogP contribution in [0.5, 0.6) is 5.75 Å². The molecule has 7 rings (SSSR count). The molecule has 9 nitrogen and oxygen atoms in total. The van der Waals surface area contributed by atoms with Gasteiger partial charge in [-0.3, -0.25) is 19.7 Å². The summed E-state index contributed by atoms with van der Waals surface area (Å²) in [4.78, 5) is 39.8. The molecule has 0 aromatic heterocycles. The molecule has 2 aliphatic heterocycles. The van der Waals surface area contributed by atoms with Crippen LogP contribution >= 0.6 is 0 Å². The van der Waals surface area contributed by atoms with Crippen LogP contribution in [-0.4, -0.2) is 40.1 Å². The summed E-state index contributed by atoms with van der Waals surface area (Å²) in [5, 5.41) is 34.7. The average molecular weight is 643 g/mol. The quantitative estimate of drug-likeness (QED) is 0.0520. The minimum atomic E-state index is -1.11. The molecule has 0 unspecified atom stereocenters. The molecule has 0 saturated carbocycles. The van der Waals surface area contributed by atoms with Crippen molar-refractivity contribution in [2.45, 2.75) is 45.0 Å². The average Bonchev–Trinajstić information content (AvgIpc) is 3.36. The van der Waals surface area contributed by atoms with Crippen molar-refractivity contribution in [1.29, 1.82) is 0 Å². The lowest BCUT2D eigenvalue weighted by Crippen LogP contribution is -2.46. The van der Waals surface area contributed by atoms with Crippen molar-refractivity contribution < 1.29 is 29.3 Å². The number of carbonyl (C=O) groups excluding carboxylic acids is 2. The Morgan fingerprint density at radius 2 is 1.73 bits per heavy atom. The largest absolute Gasteiger partial charge is 0.507 e. The minimum absolute atomic E-state index is 0.191. The number of imide groups is 1. The second-order valence-electron chi connectivity index (χ2n) is 12.8. The van der Waals surface area contributed by atoms with Gasteiger partial charge in [0.05, 0.1) is 28.6 Å². The second-order valence-corrected chi connectivity index (χ2v) is 12.8. The molecule has 2 fully saturated rings. The Bertz CT molecular complexity index is 1990. The van der Waals surface area contributed by atoms with Gasteiger partial charge in [0.25, 0.3) is 5.69 Å². The number of rotatable bonds is 8. The molecular formula is C38H35BN2O7. The van der Waals surface area contributed by atoms with Crippen LogP contribution in [0.1, 0.15) is 43.7 Å². The lowest BCUT2D eigenvalue weighted by molar-refractivity contribution is -0.384. The van der Waals surface area contributed by atoms with Crippen molar-refractivity contribution >= 4 is 52.7 Å². The highest BCUT2D eigenvalue weighted by molar-refractivity contribution is 6.43. The van der Waals surface area contributed by atoms with Gasteiger partial charge in [0, 0.05) is 17.5 Å². The smallest absolute Gasteiger partial charge is 0.455 e. The first-order valence-corrected chi connectivity index (χ1v) is 16.4. The molecule has 242 valence electrons. The molecule has 0 bridgehead atoms. The van der Waals surface area contributed by atoms with Crippen LogP contribution in [0.25, 0.3) is 22.4 Å². The number of phenolic OH excluding ortho intramolecular Hbond substituents is 1. The van der Waals surface area contributed by atoms with E-state index in [9.17, 15) is 29.8 Å². The first kappa shape index (κ1) is 31.5. The Morgan fingerprint density at radius 3 is 2.48 bits per heavy atom. The van der Waals surface area contributed by atoms with Gasteiger partial charge < -0.3 is 14.8 Å². The van der Waals surface area contributed by atoms with Crippen molar-refractivity contribution in [1.82, 2.24) is 0 Å². The van der Waals surface area contributed by atoms with Crippen LogP contribution in [-0.2, 0) is 14.2 Å². The SMILES string of the molecule is CCC1=C2[C@@H](CC/C(=C/c3ccc(O)c4ccccc34)c3ccccc3)OB(O)C[C@@H]2[C@@H]2C(=O)N(c3cccc([N+](=O)[O-])c3)C(=O)[C@@H]2C1. The van der Waals surface area contributed by atoms with Gasteiger partial charge in [0.1, 0.15) is 5.75 Å². The number of aromatic hydroxyl groups is 1. The zero-order chi connectivity index (χ0) is 33.5. The molecule has 2 N–H and O–H groups in total. The summed E-state index contributed by atoms with van der Waals surface area (Å²) in [5.41, 5.74) is 5.12. The van der Waals surface area contributed by atoms with Crippen LogP contribution in [0.3, 0.4) is 0 Å². The van der Waals surface area contributed by atoms with E-state index in [1.807, 2.05) is 55.5 Å². The molecule has 0 radical (unpaired) electrons. The Morgan fingerprint density at radius 1 is 0.979 bits per heavy atom. The number of nitrogens with zero attached hydrogens (tertiary/aromatic N) is 2. The van der Waals surface area contributed by atoms with E-state index in [1.54, 1.807) is 12.1 Å². The predicted molar refractivity (Wildman–Crippen MR) is 185 cm³/mol. The molecule has 2 amide bonds. The number of amides is 2. The van der Waals surface area contributed by atoms with Gasteiger partial charge in [0.15, 0.2) is 0 Å². The third-order valence-electron chi connectivity index (χ3n) is 10.1. The van der Waals surface area contributed by atoms with Gasteiger partial charge in [-0.05, 0) is 77.7 Å². The number of benzene rings is 4. The van der Waals surface area contributed by atoms with E-state index in [1.165, 1.54) is 18.2 Å². The Hall–Kier alpha value is -5.06. The Balaban J connectivity index is 1.22. The number of non-ortho nitro benzene ring substituents is 1. The maximum Gasteiger partial charge on any atom is 0.455 e. The van der Waals surface area contributed by atoms with E-state index in [0.29, 0.717) is 25.7 Å². The summed E-state index contributed by atoms with van der Waals surface area (Å²) in [7, 11) is -1.11. The summed E-state index contributed by atoms with van der Waals surface area (Å²) in [6.45, 7) is 2.03. The monoisotopic (exact) mass is 642 g/mol. The molecule has 0 spiro atoms. The first-order chi connectivity index (χ1) is 23.2. The number of fused-ring (bicyclic) bond motifs is 4. The normalized spacial score (nSPS) is 22.7. The molecule has 4 aromatic rings. The summed E-state index contributed by atoms with van der Waals surface area (Å²) in [6, 6.07) is 27.0. The first-order valence-electron chi connectivity index (χ1n) is 16.4. The van der Waals surface area contributed by atoms with Crippen molar-refractivity contribution in [2.75, 3.05) is 4.90 Å². The zero-order valence-corrected chi connectivity index (χ0v) is 26.5. The van der Waals surface area contributed by atoms with Gasteiger partial charge >= 0.3 is 7.12 Å².